The molecule has 0 radical (unpaired) electrons. The van der Waals surface area contributed by atoms with Gasteiger partial charge in [0.15, 0.2) is 11.6 Å². The molecule has 6 nitrogen and oxygen atoms in total. The molecule has 3 N–H and O–H groups in total. The van der Waals surface area contributed by atoms with Crippen molar-refractivity contribution in [2.24, 2.45) is 0 Å². The maximum Gasteiger partial charge on any atom is 0.329 e. The van der Waals surface area contributed by atoms with E-state index in [0.717, 1.165) is 12.1 Å². The van der Waals surface area contributed by atoms with E-state index in [1.54, 1.807) is 0 Å². The Morgan fingerprint density at radius 1 is 1.26 bits per heavy atom. The third-order valence-corrected chi connectivity index (χ3v) is 1.93. The molecule has 1 aromatic carbocycles. The Bertz CT molecular complexity index is 468. The van der Waals surface area contributed by atoms with Gasteiger partial charge in [-0.3, -0.25) is 0 Å². The number of urea groups is 1. The number of anilines is 1. The highest BCUT2D eigenvalue weighted by Gasteiger charge is 2.05. The van der Waals surface area contributed by atoms with Crippen LogP contribution in [-0.4, -0.2) is 36.9 Å². The normalized spacial score (nSPS) is 10.0. The second kappa shape index (κ2) is 7.27. The topological polar surface area (TPSA) is 87.7 Å². The number of aliphatic carboxylic acids is 1. The zero-order chi connectivity index (χ0) is 14.3. The predicted octanol–water partition coefficient (Wildman–Crippen LogP) is 1.19. The number of amides is 2. The third kappa shape index (κ3) is 5.77. The van der Waals surface area contributed by atoms with E-state index in [9.17, 15) is 18.4 Å². The van der Waals surface area contributed by atoms with Crippen LogP contribution in [0.15, 0.2) is 18.2 Å². The van der Waals surface area contributed by atoms with E-state index in [1.165, 1.54) is 6.07 Å². The van der Waals surface area contributed by atoms with Gasteiger partial charge in [-0.2, -0.15) is 0 Å². The molecule has 0 heterocycles. The van der Waals surface area contributed by atoms with Crippen LogP contribution >= 0.6 is 0 Å². The number of hydrogen-bond acceptors (Lipinski definition) is 3. The average Bonchev–Trinajstić information content (AvgIpc) is 2.33. The molecular formula is C11H12F2N2O4. The lowest BCUT2D eigenvalue weighted by molar-refractivity contribution is -0.142. The van der Waals surface area contributed by atoms with Gasteiger partial charge in [0.2, 0.25) is 0 Å². The van der Waals surface area contributed by atoms with Crippen LogP contribution in [0, 0.1) is 11.6 Å². The molecule has 0 atom stereocenters. The molecule has 0 spiro atoms. The lowest BCUT2D eigenvalue weighted by atomic mass is 10.3. The van der Waals surface area contributed by atoms with E-state index in [0.29, 0.717) is 0 Å². The molecule has 0 aliphatic heterocycles. The van der Waals surface area contributed by atoms with Crippen molar-refractivity contribution in [2.45, 2.75) is 0 Å². The maximum atomic E-state index is 12.8. The lowest BCUT2D eigenvalue weighted by Gasteiger charge is -2.07. The van der Waals surface area contributed by atoms with Crippen LogP contribution in [0.1, 0.15) is 0 Å². The lowest BCUT2D eigenvalue weighted by Crippen LogP contribution is -2.32. The summed E-state index contributed by atoms with van der Waals surface area (Å²) in [5.74, 6) is -3.18. The highest BCUT2D eigenvalue weighted by molar-refractivity contribution is 5.89. The van der Waals surface area contributed by atoms with Gasteiger partial charge in [0.05, 0.1) is 6.61 Å². The number of ether oxygens (including phenoxy) is 1. The summed E-state index contributed by atoms with van der Waals surface area (Å²) in [5.41, 5.74) is 0.0999. The molecule has 0 bridgehead atoms. The number of carboxylic acid groups (broad SMARTS) is 1. The monoisotopic (exact) mass is 274 g/mol. The average molecular weight is 274 g/mol. The summed E-state index contributed by atoms with van der Waals surface area (Å²) in [4.78, 5) is 21.4. The predicted molar refractivity (Wildman–Crippen MR) is 61.8 cm³/mol. The van der Waals surface area contributed by atoms with Gasteiger partial charge in [0.1, 0.15) is 6.61 Å². The highest BCUT2D eigenvalue weighted by Crippen LogP contribution is 2.12. The fourth-order valence-electron chi connectivity index (χ4n) is 1.15. The van der Waals surface area contributed by atoms with E-state index < -0.39 is 30.2 Å². The summed E-state index contributed by atoms with van der Waals surface area (Å²) in [6, 6.07) is 2.31. The number of benzene rings is 1. The van der Waals surface area contributed by atoms with Crippen LogP contribution < -0.4 is 10.6 Å². The molecule has 8 heteroatoms. The molecule has 19 heavy (non-hydrogen) atoms. The first-order valence-corrected chi connectivity index (χ1v) is 5.28. The van der Waals surface area contributed by atoms with Crippen LogP contribution in [0.2, 0.25) is 0 Å². The van der Waals surface area contributed by atoms with Crippen molar-refractivity contribution in [1.29, 1.82) is 0 Å². The van der Waals surface area contributed by atoms with Gasteiger partial charge in [-0.25, -0.2) is 18.4 Å². The van der Waals surface area contributed by atoms with Gasteiger partial charge in [0, 0.05) is 18.3 Å². The smallest absolute Gasteiger partial charge is 0.329 e. The Labute approximate surface area is 107 Å². The maximum absolute atomic E-state index is 12.8. The minimum atomic E-state index is -1.11. The zero-order valence-corrected chi connectivity index (χ0v) is 9.78. The third-order valence-electron chi connectivity index (χ3n) is 1.93. The summed E-state index contributed by atoms with van der Waals surface area (Å²) in [7, 11) is 0. The van der Waals surface area contributed by atoms with Crippen molar-refractivity contribution < 1.29 is 28.2 Å². The standard InChI is InChI=1S/C11H12F2N2O4/c12-8-2-1-7(5-9(8)13)15-11(18)14-3-4-19-6-10(16)17/h1-2,5H,3-4,6H2,(H,16,17)(H2,14,15,18). The van der Waals surface area contributed by atoms with Crippen molar-refractivity contribution in [3.05, 3.63) is 29.8 Å². The SMILES string of the molecule is O=C(O)COCCNC(=O)Nc1ccc(F)c(F)c1. The van der Waals surface area contributed by atoms with Crippen LogP contribution in [0.4, 0.5) is 19.3 Å². The van der Waals surface area contributed by atoms with Crippen molar-refractivity contribution in [1.82, 2.24) is 5.32 Å². The summed E-state index contributed by atoms with van der Waals surface area (Å²) in [5, 5.41) is 12.9. The first kappa shape index (κ1) is 14.8. The fourth-order valence-corrected chi connectivity index (χ4v) is 1.15. The molecule has 0 unspecified atom stereocenters. The summed E-state index contributed by atoms with van der Waals surface area (Å²) < 4.78 is 30.1. The van der Waals surface area contributed by atoms with Gasteiger partial charge >= 0.3 is 12.0 Å². The summed E-state index contributed by atoms with van der Waals surface area (Å²) in [6.07, 6.45) is 0. The number of carbonyl (C=O) groups excluding carboxylic acids is 1. The second-order valence-corrected chi connectivity index (χ2v) is 3.46. The minimum Gasteiger partial charge on any atom is -0.480 e. The molecule has 0 aliphatic rings. The number of hydrogen-bond donors (Lipinski definition) is 3. The first-order chi connectivity index (χ1) is 8.99. The highest BCUT2D eigenvalue weighted by atomic mass is 19.2. The molecule has 0 aromatic heterocycles. The van der Waals surface area contributed by atoms with Gasteiger partial charge in [-0.15, -0.1) is 0 Å². The second-order valence-electron chi connectivity index (χ2n) is 3.46. The number of rotatable bonds is 6. The van der Waals surface area contributed by atoms with Crippen molar-refractivity contribution in [3.63, 3.8) is 0 Å². The van der Waals surface area contributed by atoms with Crippen LogP contribution in [-0.2, 0) is 9.53 Å². The van der Waals surface area contributed by atoms with Crippen molar-refractivity contribution >= 4 is 17.7 Å². The summed E-state index contributed by atoms with van der Waals surface area (Å²) in [6.45, 7) is -0.341. The van der Waals surface area contributed by atoms with Crippen LogP contribution in [0.3, 0.4) is 0 Å². The Hall–Kier alpha value is -2.22. The minimum absolute atomic E-state index is 0.0253. The van der Waals surface area contributed by atoms with E-state index in [1.807, 2.05) is 0 Å². The van der Waals surface area contributed by atoms with Crippen molar-refractivity contribution in [3.8, 4) is 0 Å². The molecular weight excluding hydrogens is 262 g/mol. The van der Waals surface area contributed by atoms with E-state index in [4.69, 9.17) is 5.11 Å². The quantitative estimate of drug-likeness (QED) is 0.680. The summed E-state index contributed by atoms with van der Waals surface area (Å²) >= 11 is 0. The largest absolute Gasteiger partial charge is 0.480 e. The number of carboxylic acids is 1. The van der Waals surface area contributed by atoms with Crippen LogP contribution in [0.5, 0.6) is 0 Å². The van der Waals surface area contributed by atoms with Gasteiger partial charge in [-0.1, -0.05) is 0 Å². The van der Waals surface area contributed by atoms with Gasteiger partial charge in [0.25, 0.3) is 0 Å². The number of carbonyl (C=O) groups is 2. The van der Waals surface area contributed by atoms with Gasteiger partial charge < -0.3 is 20.5 Å². The molecule has 104 valence electrons. The molecule has 1 aromatic rings. The Balaban J connectivity index is 2.27. The van der Waals surface area contributed by atoms with Crippen LogP contribution in [0.25, 0.3) is 0 Å². The fraction of sp³-hybridized carbons (Fsp3) is 0.273. The molecule has 0 saturated carbocycles. The molecule has 0 aliphatic carbocycles. The van der Waals surface area contributed by atoms with Crippen molar-refractivity contribution in [2.75, 3.05) is 25.1 Å². The van der Waals surface area contributed by atoms with Gasteiger partial charge in [-0.05, 0) is 12.1 Å². The number of halogens is 2. The van der Waals surface area contributed by atoms with E-state index >= 15 is 0 Å². The molecule has 1 rings (SSSR count). The Morgan fingerprint density at radius 3 is 2.63 bits per heavy atom. The zero-order valence-electron chi connectivity index (χ0n) is 9.78. The Kier molecular flexibility index (Phi) is 5.68. The first-order valence-electron chi connectivity index (χ1n) is 5.28. The molecule has 2 amide bonds. The molecule has 0 fully saturated rings. The van der Waals surface area contributed by atoms with E-state index in [2.05, 4.69) is 15.4 Å². The van der Waals surface area contributed by atoms with E-state index in [-0.39, 0.29) is 18.8 Å². The Morgan fingerprint density at radius 2 is 2.00 bits per heavy atom. The number of nitrogens with one attached hydrogen (secondary N) is 2. The molecule has 0 saturated heterocycles.